The Labute approximate surface area is 173 Å². The molecule has 4 rings (SSSR count). The minimum atomic E-state index is -0.917. The minimum Gasteiger partial charge on any atom is -0.371 e. The maximum atomic E-state index is 12.6. The Morgan fingerprint density at radius 1 is 1.10 bits per heavy atom. The average molecular weight is 411 g/mol. The fourth-order valence-corrected chi connectivity index (χ4v) is 4.24. The molecule has 3 heterocycles. The second-order valence-electron chi connectivity index (χ2n) is 7.81. The van der Waals surface area contributed by atoms with Crippen molar-refractivity contribution in [2.24, 2.45) is 14.1 Å². The van der Waals surface area contributed by atoms with Crippen molar-refractivity contribution in [3.05, 3.63) is 56.2 Å². The molecule has 1 fully saturated rings. The first-order valence-electron chi connectivity index (χ1n) is 10.1. The molecule has 0 saturated carbocycles. The van der Waals surface area contributed by atoms with Crippen LogP contribution in [0.15, 0.2) is 33.9 Å². The Hall–Kier alpha value is -3.36. The zero-order valence-corrected chi connectivity index (χ0v) is 17.1. The Balaban J connectivity index is 1.50. The molecule has 1 saturated heterocycles. The molecule has 1 aromatic carbocycles. The summed E-state index contributed by atoms with van der Waals surface area (Å²) in [6, 6.07) is 7.96. The molecule has 1 aromatic heterocycles. The van der Waals surface area contributed by atoms with Crippen LogP contribution in [0.25, 0.3) is 0 Å². The molecular formula is C21H25N5O4. The van der Waals surface area contributed by atoms with Crippen molar-refractivity contribution in [2.75, 3.05) is 23.3 Å². The van der Waals surface area contributed by atoms with E-state index in [-0.39, 0.29) is 23.7 Å². The fourth-order valence-electron chi connectivity index (χ4n) is 4.24. The van der Waals surface area contributed by atoms with Crippen LogP contribution in [0.5, 0.6) is 0 Å². The van der Waals surface area contributed by atoms with Crippen molar-refractivity contribution >= 4 is 23.3 Å². The van der Waals surface area contributed by atoms with Crippen LogP contribution in [0.4, 0.5) is 11.5 Å². The average Bonchev–Trinajstić information content (AvgIpc) is 3.38. The van der Waals surface area contributed by atoms with E-state index >= 15 is 0 Å². The number of carbonyl (C=O) groups is 2. The van der Waals surface area contributed by atoms with Gasteiger partial charge in [-0.25, -0.2) is 4.79 Å². The van der Waals surface area contributed by atoms with Crippen molar-refractivity contribution in [1.29, 1.82) is 0 Å². The van der Waals surface area contributed by atoms with Gasteiger partial charge in [-0.3, -0.25) is 23.5 Å². The summed E-state index contributed by atoms with van der Waals surface area (Å²) in [5.41, 5.74) is 1.22. The number of carbonyl (C=O) groups excluding carboxylic acids is 2. The maximum absolute atomic E-state index is 12.6. The monoisotopic (exact) mass is 411 g/mol. The van der Waals surface area contributed by atoms with Crippen LogP contribution in [-0.4, -0.2) is 34.0 Å². The third-order valence-electron chi connectivity index (χ3n) is 5.91. The second kappa shape index (κ2) is 7.81. The van der Waals surface area contributed by atoms with Crippen molar-refractivity contribution in [2.45, 2.75) is 31.7 Å². The molecule has 0 spiro atoms. The lowest BCUT2D eigenvalue weighted by Crippen LogP contribution is -2.39. The summed E-state index contributed by atoms with van der Waals surface area (Å²) in [7, 11) is 2.85. The fraction of sp³-hybridized carbons (Fsp3) is 0.429. The first kappa shape index (κ1) is 19.9. The van der Waals surface area contributed by atoms with Gasteiger partial charge in [-0.15, -0.1) is 0 Å². The van der Waals surface area contributed by atoms with Gasteiger partial charge in [0.1, 0.15) is 5.82 Å². The molecule has 9 heteroatoms. The van der Waals surface area contributed by atoms with Gasteiger partial charge in [0, 0.05) is 45.8 Å². The van der Waals surface area contributed by atoms with Crippen LogP contribution >= 0.6 is 0 Å². The number of para-hydroxylation sites is 1. The van der Waals surface area contributed by atoms with Crippen molar-refractivity contribution in [3.63, 3.8) is 0 Å². The largest absolute Gasteiger partial charge is 0.371 e. The summed E-state index contributed by atoms with van der Waals surface area (Å²) >= 11 is 0. The van der Waals surface area contributed by atoms with Crippen molar-refractivity contribution < 1.29 is 9.59 Å². The number of aromatic nitrogens is 2. The third kappa shape index (κ3) is 3.40. The molecule has 1 atom stereocenters. The molecule has 2 amide bonds. The normalized spacial score (nSPS) is 17.7. The van der Waals surface area contributed by atoms with Crippen molar-refractivity contribution in [3.8, 4) is 0 Å². The summed E-state index contributed by atoms with van der Waals surface area (Å²) in [4.78, 5) is 52.0. The molecule has 2 aliphatic heterocycles. The topological polar surface area (TPSA) is 105 Å². The van der Waals surface area contributed by atoms with Gasteiger partial charge in [-0.1, -0.05) is 18.2 Å². The van der Waals surface area contributed by atoms with Crippen LogP contribution in [0.1, 0.15) is 36.3 Å². The second-order valence-corrected chi connectivity index (χ2v) is 7.81. The number of benzene rings is 1. The SMILES string of the molecule is Cn1c2c(c(=O)n(C)c1=O)C(CC(=O)NCc1ccccc1N1CCCC1)C(=O)N2. The van der Waals surface area contributed by atoms with Gasteiger partial charge in [0.25, 0.3) is 5.56 Å². The number of amides is 2. The lowest BCUT2D eigenvalue weighted by Gasteiger charge is -2.21. The standard InChI is InChI=1S/C21H25N5O4/c1-24-18-17(20(29)25(2)21(24)30)14(19(28)23-18)11-16(27)22-12-13-7-3-4-8-15(13)26-9-5-6-10-26/h3-4,7-8,14H,5-6,9-12H2,1-2H3,(H,22,27)(H,23,28). The predicted octanol–water partition coefficient (Wildman–Crippen LogP) is 0.426. The van der Waals surface area contributed by atoms with Gasteiger partial charge in [0.05, 0.1) is 11.5 Å². The molecule has 2 aliphatic rings. The quantitative estimate of drug-likeness (QED) is 0.742. The molecular weight excluding hydrogens is 386 g/mol. The van der Waals surface area contributed by atoms with Crippen LogP contribution in [0.3, 0.4) is 0 Å². The molecule has 30 heavy (non-hydrogen) atoms. The summed E-state index contributed by atoms with van der Waals surface area (Å²) in [6.45, 7) is 2.36. The molecule has 0 aliphatic carbocycles. The highest BCUT2D eigenvalue weighted by atomic mass is 16.2. The summed E-state index contributed by atoms with van der Waals surface area (Å²) in [5, 5.41) is 5.45. The molecule has 1 unspecified atom stereocenters. The van der Waals surface area contributed by atoms with E-state index in [1.807, 2.05) is 18.2 Å². The summed E-state index contributed by atoms with van der Waals surface area (Å²) in [6.07, 6.45) is 2.17. The number of hydrogen-bond acceptors (Lipinski definition) is 5. The van der Waals surface area contributed by atoms with Gasteiger partial charge < -0.3 is 15.5 Å². The van der Waals surface area contributed by atoms with E-state index in [0.717, 1.165) is 41.7 Å². The van der Waals surface area contributed by atoms with Crippen LogP contribution in [-0.2, 0) is 30.2 Å². The smallest absolute Gasteiger partial charge is 0.332 e. The molecule has 2 aromatic rings. The minimum absolute atomic E-state index is 0.155. The first-order valence-corrected chi connectivity index (χ1v) is 10.1. The van der Waals surface area contributed by atoms with E-state index in [4.69, 9.17) is 0 Å². The summed E-state index contributed by atoms with van der Waals surface area (Å²) in [5.74, 6) is -1.52. The van der Waals surface area contributed by atoms with Gasteiger partial charge >= 0.3 is 5.69 Å². The predicted molar refractivity (Wildman–Crippen MR) is 113 cm³/mol. The highest BCUT2D eigenvalue weighted by Crippen LogP contribution is 2.31. The van der Waals surface area contributed by atoms with Crippen molar-refractivity contribution in [1.82, 2.24) is 14.5 Å². The zero-order valence-electron chi connectivity index (χ0n) is 17.1. The third-order valence-corrected chi connectivity index (χ3v) is 5.91. The van der Waals surface area contributed by atoms with E-state index in [2.05, 4.69) is 21.6 Å². The number of nitrogens with zero attached hydrogens (tertiary/aromatic N) is 3. The molecule has 2 N–H and O–H groups in total. The van der Waals surface area contributed by atoms with Crippen LogP contribution in [0.2, 0.25) is 0 Å². The number of fused-ring (bicyclic) bond motifs is 1. The van der Waals surface area contributed by atoms with E-state index in [1.54, 1.807) is 0 Å². The lowest BCUT2D eigenvalue weighted by atomic mass is 9.99. The number of hydrogen-bond donors (Lipinski definition) is 2. The van der Waals surface area contributed by atoms with E-state index < -0.39 is 23.1 Å². The highest BCUT2D eigenvalue weighted by Gasteiger charge is 2.37. The zero-order chi connectivity index (χ0) is 21.4. The van der Waals surface area contributed by atoms with Gasteiger partial charge in [-0.05, 0) is 24.5 Å². The van der Waals surface area contributed by atoms with E-state index in [1.165, 1.54) is 18.7 Å². The van der Waals surface area contributed by atoms with E-state index in [0.29, 0.717) is 6.54 Å². The molecule has 0 bridgehead atoms. The van der Waals surface area contributed by atoms with Gasteiger partial charge in [0.2, 0.25) is 11.8 Å². The number of anilines is 2. The highest BCUT2D eigenvalue weighted by molar-refractivity contribution is 6.03. The maximum Gasteiger partial charge on any atom is 0.332 e. The van der Waals surface area contributed by atoms with E-state index in [9.17, 15) is 19.2 Å². The van der Waals surface area contributed by atoms with Crippen LogP contribution < -0.4 is 26.8 Å². The Bertz CT molecular complexity index is 1130. The number of rotatable bonds is 5. The molecule has 0 radical (unpaired) electrons. The molecule has 9 nitrogen and oxygen atoms in total. The number of nitrogens with one attached hydrogen (secondary N) is 2. The molecule has 158 valence electrons. The lowest BCUT2D eigenvalue weighted by molar-refractivity contribution is -0.125. The van der Waals surface area contributed by atoms with Crippen LogP contribution in [0, 0.1) is 0 Å². The van der Waals surface area contributed by atoms with Gasteiger partial charge in [-0.2, -0.15) is 0 Å². The Kier molecular flexibility index (Phi) is 5.19. The Morgan fingerprint density at radius 3 is 2.53 bits per heavy atom. The van der Waals surface area contributed by atoms with Gasteiger partial charge in [0.15, 0.2) is 0 Å². The summed E-state index contributed by atoms with van der Waals surface area (Å²) < 4.78 is 2.18. The first-order chi connectivity index (χ1) is 14.4. The Morgan fingerprint density at radius 2 is 1.80 bits per heavy atom.